The molecule has 0 spiro atoms. The monoisotopic (exact) mass is 221 g/mol. The predicted octanol–water partition coefficient (Wildman–Crippen LogP) is 3.46. The van der Waals surface area contributed by atoms with Gasteiger partial charge in [0, 0.05) is 6.04 Å². The second-order valence-electron chi connectivity index (χ2n) is 4.84. The molecule has 0 aromatic heterocycles. The lowest BCUT2D eigenvalue weighted by atomic mass is 9.90. The van der Waals surface area contributed by atoms with E-state index in [0.29, 0.717) is 12.0 Å². The normalized spacial score (nSPS) is 23.0. The van der Waals surface area contributed by atoms with E-state index in [-0.39, 0.29) is 5.82 Å². The van der Waals surface area contributed by atoms with E-state index in [4.69, 9.17) is 0 Å². The maximum absolute atomic E-state index is 13.1. The quantitative estimate of drug-likeness (QED) is 0.824. The summed E-state index contributed by atoms with van der Waals surface area (Å²) in [5, 5.41) is 3.54. The molecule has 2 rings (SSSR count). The highest BCUT2D eigenvalue weighted by Crippen LogP contribution is 2.24. The fraction of sp³-hybridized carbons (Fsp3) is 0.571. The summed E-state index contributed by atoms with van der Waals surface area (Å²) in [6.45, 7) is 3.32. The zero-order valence-electron chi connectivity index (χ0n) is 9.88. The topological polar surface area (TPSA) is 12.0 Å². The molecular weight excluding hydrogens is 201 g/mol. The Morgan fingerprint density at radius 1 is 1.44 bits per heavy atom. The molecule has 0 aliphatic carbocycles. The van der Waals surface area contributed by atoms with Crippen molar-refractivity contribution in [1.82, 2.24) is 5.32 Å². The molecule has 2 heteroatoms. The third kappa shape index (κ3) is 3.05. The van der Waals surface area contributed by atoms with Crippen molar-refractivity contribution in [2.24, 2.45) is 0 Å². The molecule has 1 nitrogen and oxygen atoms in total. The maximum atomic E-state index is 13.1. The Morgan fingerprint density at radius 3 is 3.00 bits per heavy atom. The smallest absolute Gasteiger partial charge is 0.123 e. The second kappa shape index (κ2) is 5.44. The summed E-state index contributed by atoms with van der Waals surface area (Å²) in [5.74, 6) is 0.312. The van der Waals surface area contributed by atoms with Gasteiger partial charge in [0.05, 0.1) is 0 Å². The van der Waals surface area contributed by atoms with Gasteiger partial charge < -0.3 is 5.32 Å². The Labute approximate surface area is 97.1 Å². The van der Waals surface area contributed by atoms with Crippen LogP contribution in [0.5, 0.6) is 0 Å². The van der Waals surface area contributed by atoms with Crippen LogP contribution < -0.4 is 5.32 Å². The van der Waals surface area contributed by atoms with Crippen LogP contribution in [-0.2, 0) is 0 Å². The fourth-order valence-electron chi connectivity index (χ4n) is 2.50. The zero-order chi connectivity index (χ0) is 11.4. The minimum atomic E-state index is -0.124. The highest BCUT2D eigenvalue weighted by molar-refractivity contribution is 5.20. The molecule has 0 radical (unpaired) electrons. The maximum Gasteiger partial charge on any atom is 0.123 e. The highest BCUT2D eigenvalue weighted by atomic mass is 19.1. The molecule has 1 N–H and O–H groups in total. The van der Waals surface area contributed by atoms with Crippen molar-refractivity contribution < 1.29 is 4.39 Å². The van der Waals surface area contributed by atoms with Crippen molar-refractivity contribution in [3.63, 3.8) is 0 Å². The van der Waals surface area contributed by atoms with Crippen LogP contribution in [0.25, 0.3) is 0 Å². The lowest BCUT2D eigenvalue weighted by Gasteiger charge is -2.26. The van der Waals surface area contributed by atoms with Gasteiger partial charge in [0.25, 0.3) is 0 Å². The summed E-state index contributed by atoms with van der Waals surface area (Å²) in [7, 11) is 0. The lowest BCUT2D eigenvalue weighted by Crippen LogP contribution is -2.34. The molecule has 1 aliphatic rings. The summed E-state index contributed by atoms with van der Waals surface area (Å²) in [5.41, 5.74) is 1.12. The van der Waals surface area contributed by atoms with Crippen LogP contribution in [0.2, 0.25) is 0 Å². The largest absolute Gasteiger partial charge is 0.314 e. The van der Waals surface area contributed by atoms with Gasteiger partial charge >= 0.3 is 0 Å². The van der Waals surface area contributed by atoms with Gasteiger partial charge in [0.1, 0.15) is 5.82 Å². The molecule has 1 aromatic rings. The molecule has 1 aliphatic heterocycles. The predicted molar refractivity (Wildman–Crippen MR) is 65.1 cm³/mol. The van der Waals surface area contributed by atoms with E-state index < -0.39 is 0 Å². The Bertz CT molecular complexity index is 331. The summed E-state index contributed by atoms with van der Waals surface area (Å²) in [6, 6.07) is 7.61. The average molecular weight is 221 g/mol. The Hall–Kier alpha value is -0.890. The minimum absolute atomic E-state index is 0.124. The molecule has 1 saturated heterocycles. The van der Waals surface area contributed by atoms with Gasteiger partial charge in [0.2, 0.25) is 0 Å². The number of benzene rings is 1. The SMILES string of the molecule is CC(CC1CCCCN1)c1cccc(F)c1. The van der Waals surface area contributed by atoms with Crippen LogP contribution in [0.3, 0.4) is 0 Å². The van der Waals surface area contributed by atoms with Gasteiger partial charge in [-0.15, -0.1) is 0 Å². The molecule has 88 valence electrons. The van der Waals surface area contributed by atoms with E-state index in [0.717, 1.165) is 18.5 Å². The van der Waals surface area contributed by atoms with Crippen LogP contribution >= 0.6 is 0 Å². The van der Waals surface area contributed by atoms with Crippen molar-refractivity contribution in [1.29, 1.82) is 0 Å². The number of hydrogen-bond acceptors (Lipinski definition) is 1. The van der Waals surface area contributed by atoms with Crippen LogP contribution in [0.15, 0.2) is 24.3 Å². The fourth-order valence-corrected chi connectivity index (χ4v) is 2.50. The standard InChI is InChI=1S/C14H20FN/c1-11(9-14-7-2-3-8-16-14)12-5-4-6-13(15)10-12/h4-6,10-11,14,16H,2-3,7-9H2,1H3. The van der Waals surface area contributed by atoms with E-state index in [1.54, 1.807) is 12.1 Å². The second-order valence-corrected chi connectivity index (χ2v) is 4.84. The number of halogens is 1. The number of rotatable bonds is 3. The number of piperidine rings is 1. The van der Waals surface area contributed by atoms with Crippen LogP contribution in [0.4, 0.5) is 4.39 Å². The van der Waals surface area contributed by atoms with E-state index in [1.165, 1.54) is 25.3 Å². The summed E-state index contributed by atoms with van der Waals surface area (Å²) in [4.78, 5) is 0. The first-order valence-corrected chi connectivity index (χ1v) is 6.24. The molecular formula is C14H20FN. The first kappa shape index (κ1) is 11.6. The molecule has 1 aromatic carbocycles. The van der Waals surface area contributed by atoms with Crippen LogP contribution in [-0.4, -0.2) is 12.6 Å². The van der Waals surface area contributed by atoms with Gasteiger partial charge in [-0.3, -0.25) is 0 Å². The Kier molecular flexibility index (Phi) is 3.94. The van der Waals surface area contributed by atoms with Gasteiger partial charge in [-0.25, -0.2) is 4.39 Å². The third-order valence-electron chi connectivity index (χ3n) is 3.47. The van der Waals surface area contributed by atoms with Crippen LogP contribution in [0, 0.1) is 5.82 Å². The molecule has 2 atom stereocenters. The highest BCUT2D eigenvalue weighted by Gasteiger charge is 2.16. The van der Waals surface area contributed by atoms with Crippen molar-refractivity contribution in [2.45, 2.75) is 44.6 Å². The molecule has 0 saturated carbocycles. The number of nitrogens with one attached hydrogen (secondary N) is 1. The molecule has 16 heavy (non-hydrogen) atoms. The van der Waals surface area contributed by atoms with Gasteiger partial charge in [-0.2, -0.15) is 0 Å². The van der Waals surface area contributed by atoms with Crippen molar-refractivity contribution >= 4 is 0 Å². The summed E-state index contributed by atoms with van der Waals surface area (Å²) < 4.78 is 13.1. The molecule has 2 unspecified atom stereocenters. The van der Waals surface area contributed by atoms with Gasteiger partial charge in [0.15, 0.2) is 0 Å². The molecule has 0 bridgehead atoms. The van der Waals surface area contributed by atoms with E-state index in [2.05, 4.69) is 12.2 Å². The van der Waals surface area contributed by atoms with Crippen molar-refractivity contribution in [3.8, 4) is 0 Å². The zero-order valence-corrected chi connectivity index (χ0v) is 9.88. The molecule has 1 heterocycles. The van der Waals surface area contributed by atoms with E-state index in [1.807, 2.05) is 6.07 Å². The Morgan fingerprint density at radius 2 is 2.31 bits per heavy atom. The van der Waals surface area contributed by atoms with Crippen molar-refractivity contribution in [3.05, 3.63) is 35.6 Å². The van der Waals surface area contributed by atoms with Gasteiger partial charge in [-0.05, 0) is 49.4 Å². The lowest BCUT2D eigenvalue weighted by molar-refractivity contribution is 0.365. The Balaban J connectivity index is 1.94. The minimum Gasteiger partial charge on any atom is -0.314 e. The summed E-state index contributed by atoms with van der Waals surface area (Å²) >= 11 is 0. The molecule has 0 amide bonds. The average Bonchev–Trinajstić information content (AvgIpc) is 2.30. The van der Waals surface area contributed by atoms with Crippen LogP contribution in [0.1, 0.15) is 44.1 Å². The van der Waals surface area contributed by atoms with Gasteiger partial charge in [-0.1, -0.05) is 25.5 Å². The first-order valence-electron chi connectivity index (χ1n) is 6.24. The first-order chi connectivity index (χ1) is 7.75. The molecule has 1 fully saturated rings. The number of hydrogen-bond donors (Lipinski definition) is 1. The van der Waals surface area contributed by atoms with E-state index >= 15 is 0 Å². The van der Waals surface area contributed by atoms with Crippen molar-refractivity contribution in [2.75, 3.05) is 6.54 Å². The summed E-state index contributed by atoms with van der Waals surface area (Å²) in [6.07, 6.45) is 5.00. The van der Waals surface area contributed by atoms with E-state index in [9.17, 15) is 4.39 Å². The third-order valence-corrected chi connectivity index (χ3v) is 3.47.